The van der Waals surface area contributed by atoms with Gasteiger partial charge in [0.2, 0.25) is 0 Å². The first-order valence-electron chi connectivity index (χ1n) is 11.5. The molecule has 0 fully saturated rings. The number of benzene rings is 2. The van der Waals surface area contributed by atoms with Crippen molar-refractivity contribution in [2.45, 2.75) is 39.7 Å². The number of fused-ring (bicyclic) bond motifs is 1. The van der Waals surface area contributed by atoms with E-state index >= 15 is 0 Å². The maximum absolute atomic E-state index is 6.22. The van der Waals surface area contributed by atoms with Crippen molar-refractivity contribution in [1.82, 2.24) is 14.9 Å². The van der Waals surface area contributed by atoms with Crippen LogP contribution in [0.4, 0.5) is 5.82 Å². The molecule has 0 spiro atoms. The van der Waals surface area contributed by atoms with Crippen molar-refractivity contribution in [3.05, 3.63) is 77.1 Å². The van der Waals surface area contributed by atoms with Crippen molar-refractivity contribution >= 4 is 40.5 Å². The molecule has 5 heteroatoms. The van der Waals surface area contributed by atoms with E-state index in [1.807, 2.05) is 54.6 Å². The Morgan fingerprint density at radius 1 is 1.00 bits per heavy atom. The molecule has 0 amide bonds. The normalized spacial score (nSPS) is 12.9. The molecule has 0 aliphatic heterocycles. The van der Waals surface area contributed by atoms with E-state index in [-0.39, 0.29) is 0 Å². The fraction of sp³-hybridized carbons (Fsp3) is 0.333. The number of allylic oxidation sites excluding steroid dienone is 2. The molecule has 3 rings (SSSR count). The third-order valence-corrected chi connectivity index (χ3v) is 5.88. The van der Waals surface area contributed by atoms with E-state index in [1.165, 1.54) is 0 Å². The fourth-order valence-corrected chi connectivity index (χ4v) is 4.00. The lowest BCUT2D eigenvalue weighted by atomic mass is 10.1. The summed E-state index contributed by atoms with van der Waals surface area (Å²) >= 11 is 6.22. The number of aromatic nitrogens is 2. The maximum Gasteiger partial charge on any atom is 0.154 e. The quantitative estimate of drug-likeness (QED) is 0.255. The van der Waals surface area contributed by atoms with Crippen LogP contribution in [0.3, 0.4) is 0 Å². The number of anilines is 1. The summed E-state index contributed by atoms with van der Waals surface area (Å²) in [5.41, 5.74) is 2.00. The van der Waals surface area contributed by atoms with Crippen LogP contribution in [0.15, 0.2) is 60.7 Å². The fourth-order valence-electron chi connectivity index (χ4n) is 3.84. The highest BCUT2D eigenvalue weighted by molar-refractivity contribution is 6.31. The Balaban J connectivity index is 1.70. The van der Waals surface area contributed by atoms with Crippen molar-refractivity contribution in [1.29, 1.82) is 0 Å². The predicted molar refractivity (Wildman–Crippen MR) is 139 cm³/mol. The second-order valence-electron chi connectivity index (χ2n) is 7.86. The lowest BCUT2D eigenvalue weighted by molar-refractivity contribution is 0.219. The van der Waals surface area contributed by atoms with Crippen LogP contribution >= 0.6 is 11.6 Å². The van der Waals surface area contributed by atoms with Crippen molar-refractivity contribution in [3.8, 4) is 0 Å². The molecule has 1 N–H and O–H groups in total. The third kappa shape index (κ3) is 6.91. The SMILES string of the molecule is CCN(CC)C(C)CCCNc1nc(/C=C\C=C\c2ccccc2)nc2cc(Cl)ccc12. The van der Waals surface area contributed by atoms with E-state index in [1.54, 1.807) is 0 Å². The summed E-state index contributed by atoms with van der Waals surface area (Å²) in [4.78, 5) is 11.9. The Morgan fingerprint density at radius 2 is 1.75 bits per heavy atom. The van der Waals surface area contributed by atoms with Gasteiger partial charge >= 0.3 is 0 Å². The van der Waals surface area contributed by atoms with Gasteiger partial charge in [-0.1, -0.05) is 74.0 Å². The van der Waals surface area contributed by atoms with E-state index in [4.69, 9.17) is 16.6 Å². The van der Waals surface area contributed by atoms with Gasteiger partial charge < -0.3 is 10.2 Å². The molecule has 0 radical (unpaired) electrons. The summed E-state index contributed by atoms with van der Waals surface area (Å²) < 4.78 is 0. The van der Waals surface area contributed by atoms with Gasteiger partial charge in [0.15, 0.2) is 5.82 Å². The van der Waals surface area contributed by atoms with Crippen LogP contribution in [0.2, 0.25) is 5.02 Å². The summed E-state index contributed by atoms with van der Waals surface area (Å²) in [6.45, 7) is 9.81. The van der Waals surface area contributed by atoms with Gasteiger partial charge in [0.1, 0.15) is 5.82 Å². The Bertz CT molecular complexity index is 1040. The third-order valence-electron chi connectivity index (χ3n) is 5.65. The first kappa shape index (κ1) is 24.0. The minimum Gasteiger partial charge on any atom is -0.369 e. The average Bonchev–Trinajstić information content (AvgIpc) is 2.80. The smallest absolute Gasteiger partial charge is 0.154 e. The standard InChI is InChI=1S/C27H33ClN4/c1-4-32(5-2)21(3)12-11-19-29-27-24-18-17-23(28)20-25(24)30-26(31-27)16-10-9-15-22-13-7-6-8-14-22/h6-10,13-18,20-21H,4-5,11-12,19H2,1-3H3,(H,29,30,31)/b15-9+,16-10-. The van der Waals surface area contributed by atoms with Gasteiger partial charge in [-0.15, -0.1) is 0 Å². The number of hydrogen-bond acceptors (Lipinski definition) is 4. The molecule has 0 aliphatic carbocycles. The zero-order valence-corrected chi connectivity index (χ0v) is 20.0. The van der Waals surface area contributed by atoms with Crippen LogP contribution in [0.1, 0.15) is 45.0 Å². The summed E-state index contributed by atoms with van der Waals surface area (Å²) in [7, 11) is 0. The zero-order valence-electron chi connectivity index (χ0n) is 19.3. The van der Waals surface area contributed by atoms with Gasteiger partial charge in [0, 0.05) is 23.0 Å². The van der Waals surface area contributed by atoms with Crippen LogP contribution in [-0.2, 0) is 0 Å². The van der Waals surface area contributed by atoms with E-state index in [2.05, 4.69) is 54.2 Å². The summed E-state index contributed by atoms with van der Waals surface area (Å²) in [6.07, 6.45) is 10.2. The highest BCUT2D eigenvalue weighted by Crippen LogP contribution is 2.24. The number of nitrogens with one attached hydrogen (secondary N) is 1. The van der Waals surface area contributed by atoms with Crippen LogP contribution in [0, 0.1) is 0 Å². The number of rotatable bonds is 11. The van der Waals surface area contributed by atoms with E-state index in [0.29, 0.717) is 16.9 Å². The minimum absolute atomic E-state index is 0.586. The van der Waals surface area contributed by atoms with Crippen LogP contribution in [0.25, 0.3) is 23.1 Å². The highest BCUT2D eigenvalue weighted by atomic mass is 35.5. The second kappa shape index (κ2) is 12.4. The lowest BCUT2D eigenvalue weighted by Crippen LogP contribution is -2.32. The van der Waals surface area contributed by atoms with Gasteiger partial charge in [0.05, 0.1) is 5.52 Å². The summed E-state index contributed by atoms with van der Waals surface area (Å²) in [5.74, 6) is 1.52. The van der Waals surface area contributed by atoms with E-state index in [0.717, 1.165) is 54.8 Å². The van der Waals surface area contributed by atoms with Gasteiger partial charge in [-0.25, -0.2) is 9.97 Å². The molecule has 1 heterocycles. The van der Waals surface area contributed by atoms with Crippen molar-refractivity contribution in [2.75, 3.05) is 25.0 Å². The average molecular weight is 449 g/mol. The Hall–Kier alpha value is -2.69. The summed E-state index contributed by atoms with van der Waals surface area (Å²) in [6, 6.07) is 16.6. The van der Waals surface area contributed by atoms with Crippen LogP contribution < -0.4 is 5.32 Å². The molecule has 1 aromatic heterocycles. The van der Waals surface area contributed by atoms with Crippen LogP contribution in [0.5, 0.6) is 0 Å². The second-order valence-corrected chi connectivity index (χ2v) is 8.30. The van der Waals surface area contributed by atoms with Gasteiger partial charge in [-0.3, -0.25) is 0 Å². The monoisotopic (exact) mass is 448 g/mol. The van der Waals surface area contributed by atoms with Gasteiger partial charge in [-0.2, -0.15) is 0 Å². The van der Waals surface area contributed by atoms with Crippen LogP contribution in [-0.4, -0.2) is 40.5 Å². The Kier molecular flexibility index (Phi) is 9.27. The van der Waals surface area contributed by atoms with E-state index < -0.39 is 0 Å². The Morgan fingerprint density at radius 3 is 2.50 bits per heavy atom. The van der Waals surface area contributed by atoms with Crippen molar-refractivity contribution < 1.29 is 0 Å². The Labute approximate surface area is 197 Å². The molecular weight excluding hydrogens is 416 g/mol. The largest absolute Gasteiger partial charge is 0.369 e. The molecule has 4 nitrogen and oxygen atoms in total. The molecule has 168 valence electrons. The lowest BCUT2D eigenvalue weighted by Gasteiger charge is -2.26. The number of hydrogen-bond donors (Lipinski definition) is 1. The van der Waals surface area contributed by atoms with Gasteiger partial charge in [0.25, 0.3) is 0 Å². The van der Waals surface area contributed by atoms with Crippen molar-refractivity contribution in [2.24, 2.45) is 0 Å². The number of nitrogens with zero attached hydrogens (tertiary/aromatic N) is 3. The van der Waals surface area contributed by atoms with Gasteiger partial charge in [-0.05, 0) is 62.7 Å². The zero-order chi connectivity index (χ0) is 22.8. The molecular formula is C27H33ClN4. The van der Waals surface area contributed by atoms with E-state index in [9.17, 15) is 0 Å². The highest BCUT2D eigenvalue weighted by Gasteiger charge is 2.10. The van der Waals surface area contributed by atoms with Crippen molar-refractivity contribution in [3.63, 3.8) is 0 Å². The predicted octanol–water partition coefficient (Wildman–Crippen LogP) is 6.93. The molecule has 0 bridgehead atoms. The molecule has 0 aliphatic rings. The molecule has 1 atom stereocenters. The topological polar surface area (TPSA) is 41.0 Å². The minimum atomic E-state index is 0.586. The first-order chi connectivity index (χ1) is 15.6. The first-order valence-corrected chi connectivity index (χ1v) is 11.8. The number of halogens is 1. The molecule has 32 heavy (non-hydrogen) atoms. The molecule has 3 aromatic rings. The summed E-state index contributed by atoms with van der Waals surface area (Å²) in [5, 5.41) is 5.19. The molecule has 0 saturated heterocycles. The molecule has 2 aromatic carbocycles. The maximum atomic E-state index is 6.22. The molecule has 0 saturated carbocycles. The molecule has 1 unspecified atom stereocenters.